The molecule has 0 aliphatic heterocycles. The van der Waals surface area contributed by atoms with Crippen molar-refractivity contribution in [1.29, 1.82) is 0 Å². The van der Waals surface area contributed by atoms with Gasteiger partial charge in [0, 0.05) is 35.6 Å². The van der Waals surface area contributed by atoms with Crippen LogP contribution in [0.3, 0.4) is 0 Å². The molecular weight excluding hydrogens is 550 g/mol. The van der Waals surface area contributed by atoms with Crippen LogP contribution in [0, 0.1) is 0 Å². The first-order chi connectivity index (χ1) is 17.1. The second-order valence-electron chi connectivity index (χ2n) is 7.66. The Labute approximate surface area is 261 Å². The van der Waals surface area contributed by atoms with Crippen molar-refractivity contribution in [3.8, 4) is 0 Å². The van der Waals surface area contributed by atoms with E-state index in [0.717, 1.165) is 0 Å². The van der Waals surface area contributed by atoms with Crippen molar-refractivity contribution in [3.63, 3.8) is 0 Å². The van der Waals surface area contributed by atoms with E-state index < -0.39 is 20.2 Å². The maximum Gasteiger partial charge on any atom is 1.00 e. The quantitative estimate of drug-likeness (QED) is 0.123. The van der Waals surface area contributed by atoms with Crippen LogP contribution >= 0.6 is 0 Å². The fourth-order valence-electron chi connectivity index (χ4n) is 3.85. The van der Waals surface area contributed by atoms with Crippen molar-refractivity contribution in [2.24, 2.45) is 0 Å². The van der Waals surface area contributed by atoms with E-state index in [1.165, 1.54) is 36.7 Å². The Balaban J connectivity index is 0.000000200. The standard InChI is InChI=1S/2C12H8N2O3S.2Na/c2*15-18(16,17)12-3-1-2-8-6-10-11(7-9(8)12)14-5-4-13-10;;/h2*1-7H,(H,15,16,17);;/q;;2*+1/p-2. The second-order valence-corrected chi connectivity index (χ2v) is 10.4. The summed E-state index contributed by atoms with van der Waals surface area (Å²) < 4.78 is 67.1. The second kappa shape index (κ2) is 12.0. The van der Waals surface area contributed by atoms with Crippen molar-refractivity contribution in [3.05, 3.63) is 85.5 Å². The van der Waals surface area contributed by atoms with Gasteiger partial charge in [0.1, 0.15) is 20.2 Å². The van der Waals surface area contributed by atoms with Gasteiger partial charge in [0.15, 0.2) is 0 Å². The molecule has 0 aliphatic carbocycles. The number of hydrogen-bond acceptors (Lipinski definition) is 10. The van der Waals surface area contributed by atoms with Gasteiger partial charge in [-0.05, 0) is 47.2 Å². The van der Waals surface area contributed by atoms with Gasteiger partial charge in [0.2, 0.25) is 0 Å². The molecule has 180 valence electrons. The van der Waals surface area contributed by atoms with Gasteiger partial charge < -0.3 is 9.11 Å². The zero-order valence-electron chi connectivity index (χ0n) is 20.1. The van der Waals surface area contributed by atoms with Gasteiger partial charge in [-0.15, -0.1) is 0 Å². The minimum atomic E-state index is -4.50. The van der Waals surface area contributed by atoms with Crippen LogP contribution in [-0.4, -0.2) is 45.9 Å². The molecule has 0 spiro atoms. The molecule has 0 atom stereocenters. The monoisotopic (exact) mass is 564 g/mol. The summed E-state index contributed by atoms with van der Waals surface area (Å²) in [5.41, 5.74) is 2.43. The first-order valence-electron chi connectivity index (χ1n) is 10.3. The van der Waals surface area contributed by atoms with Gasteiger partial charge >= 0.3 is 59.1 Å². The molecule has 4 aromatic carbocycles. The molecule has 14 heteroatoms. The van der Waals surface area contributed by atoms with Gasteiger partial charge in [-0.25, -0.2) is 16.8 Å². The SMILES string of the molecule is O=S(=O)([O-])c1cccc2cc3nccnc3cc12.O=S(=O)([O-])c1cccc2cc3nccnc3cc12.[Na+].[Na+]. The Morgan fingerprint density at radius 3 is 1.13 bits per heavy atom. The molecule has 0 aliphatic rings. The summed E-state index contributed by atoms with van der Waals surface area (Å²) in [5, 5.41) is 2.06. The molecule has 0 radical (unpaired) electrons. The summed E-state index contributed by atoms with van der Waals surface area (Å²) in [6, 6.07) is 15.7. The van der Waals surface area contributed by atoms with Crippen LogP contribution in [0.25, 0.3) is 43.6 Å². The normalized spacial score (nSPS) is 11.4. The van der Waals surface area contributed by atoms with Crippen LogP contribution in [0.4, 0.5) is 0 Å². The molecule has 0 N–H and O–H groups in total. The van der Waals surface area contributed by atoms with E-state index in [-0.39, 0.29) is 68.9 Å². The summed E-state index contributed by atoms with van der Waals surface area (Å²) in [4.78, 5) is 16.0. The molecule has 0 unspecified atom stereocenters. The Kier molecular flexibility index (Phi) is 9.58. The van der Waals surface area contributed by atoms with E-state index in [1.54, 1.807) is 48.8 Å². The Morgan fingerprint density at radius 1 is 0.500 bits per heavy atom. The Bertz CT molecular complexity index is 1880. The van der Waals surface area contributed by atoms with Crippen LogP contribution in [0.15, 0.2) is 95.2 Å². The van der Waals surface area contributed by atoms with Gasteiger partial charge in [-0.2, -0.15) is 0 Å². The van der Waals surface area contributed by atoms with Crippen LogP contribution in [-0.2, 0) is 20.2 Å². The van der Waals surface area contributed by atoms with E-state index >= 15 is 0 Å². The third-order valence-corrected chi connectivity index (χ3v) is 7.19. The Hall–Kier alpha value is -2.10. The molecule has 0 amide bonds. The molecule has 0 saturated carbocycles. The summed E-state index contributed by atoms with van der Waals surface area (Å²) in [6.45, 7) is 0. The molecule has 2 aromatic heterocycles. The fourth-order valence-corrected chi connectivity index (χ4v) is 5.23. The van der Waals surface area contributed by atoms with E-state index in [9.17, 15) is 25.9 Å². The molecular formula is C24H14N4Na2O6S2. The molecule has 10 nitrogen and oxygen atoms in total. The molecule has 38 heavy (non-hydrogen) atoms. The summed E-state index contributed by atoms with van der Waals surface area (Å²) in [7, 11) is -8.99. The van der Waals surface area contributed by atoms with Crippen molar-refractivity contribution in [2.75, 3.05) is 0 Å². The number of benzene rings is 4. The van der Waals surface area contributed by atoms with Crippen molar-refractivity contribution in [2.45, 2.75) is 9.79 Å². The van der Waals surface area contributed by atoms with Gasteiger partial charge in [0.25, 0.3) is 0 Å². The van der Waals surface area contributed by atoms with E-state index in [0.29, 0.717) is 43.6 Å². The van der Waals surface area contributed by atoms with Crippen molar-refractivity contribution >= 4 is 63.8 Å². The largest absolute Gasteiger partial charge is 1.00 e. The minimum absolute atomic E-state index is 0. The van der Waals surface area contributed by atoms with Crippen LogP contribution in [0.5, 0.6) is 0 Å². The van der Waals surface area contributed by atoms with Crippen molar-refractivity contribution < 1.29 is 85.1 Å². The number of nitrogens with zero attached hydrogens (tertiary/aromatic N) is 4. The van der Waals surface area contributed by atoms with E-state index in [4.69, 9.17) is 0 Å². The van der Waals surface area contributed by atoms with Crippen LogP contribution in [0.1, 0.15) is 0 Å². The zero-order valence-corrected chi connectivity index (χ0v) is 25.8. The van der Waals surface area contributed by atoms with Gasteiger partial charge in [-0.1, -0.05) is 24.3 Å². The molecule has 2 heterocycles. The fraction of sp³-hybridized carbons (Fsp3) is 0. The smallest absolute Gasteiger partial charge is 0.744 e. The Morgan fingerprint density at radius 2 is 0.816 bits per heavy atom. The molecule has 0 bridgehead atoms. The maximum atomic E-state index is 11.2. The minimum Gasteiger partial charge on any atom is -0.744 e. The third-order valence-electron chi connectivity index (χ3n) is 5.40. The predicted molar refractivity (Wildman–Crippen MR) is 130 cm³/mol. The number of fused-ring (bicyclic) bond motifs is 4. The topological polar surface area (TPSA) is 166 Å². The number of rotatable bonds is 2. The van der Waals surface area contributed by atoms with Crippen molar-refractivity contribution in [1.82, 2.24) is 19.9 Å². The molecule has 6 aromatic rings. The average molecular weight is 565 g/mol. The molecule has 0 fully saturated rings. The molecule has 6 rings (SSSR count). The first kappa shape index (κ1) is 30.4. The number of aromatic nitrogens is 4. The zero-order chi connectivity index (χ0) is 25.5. The molecule has 0 saturated heterocycles. The summed E-state index contributed by atoms with van der Waals surface area (Å²) in [6.07, 6.45) is 6.15. The maximum absolute atomic E-state index is 11.2. The van der Waals surface area contributed by atoms with Crippen LogP contribution in [0.2, 0.25) is 0 Å². The van der Waals surface area contributed by atoms with Crippen LogP contribution < -0.4 is 59.1 Å². The predicted octanol–water partition coefficient (Wildman–Crippen LogP) is -2.62. The summed E-state index contributed by atoms with van der Waals surface area (Å²) >= 11 is 0. The summed E-state index contributed by atoms with van der Waals surface area (Å²) in [5.74, 6) is 0. The van der Waals surface area contributed by atoms with Gasteiger partial charge in [-0.3, -0.25) is 19.9 Å². The van der Waals surface area contributed by atoms with E-state index in [2.05, 4.69) is 19.9 Å². The van der Waals surface area contributed by atoms with Gasteiger partial charge in [0.05, 0.1) is 31.9 Å². The first-order valence-corrected chi connectivity index (χ1v) is 13.1. The van der Waals surface area contributed by atoms with E-state index in [1.807, 2.05) is 0 Å². The third kappa shape index (κ3) is 6.37. The number of hydrogen-bond donors (Lipinski definition) is 0. The average Bonchev–Trinajstić information content (AvgIpc) is 2.84.